The van der Waals surface area contributed by atoms with E-state index in [1.807, 2.05) is 13.8 Å². The van der Waals surface area contributed by atoms with E-state index < -0.39 is 0 Å². The minimum absolute atomic E-state index is 0.171. The van der Waals surface area contributed by atoms with E-state index in [1.54, 1.807) is 23.0 Å². The Hall–Kier alpha value is -2.83. The van der Waals surface area contributed by atoms with Crippen LogP contribution in [0.4, 0.5) is 10.1 Å². The number of aromatic nitrogens is 4. The van der Waals surface area contributed by atoms with Gasteiger partial charge in [-0.1, -0.05) is 6.07 Å². The first-order valence-corrected chi connectivity index (χ1v) is 7.26. The summed E-state index contributed by atoms with van der Waals surface area (Å²) in [6, 6.07) is 5.84. The van der Waals surface area contributed by atoms with Gasteiger partial charge in [0.25, 0.3) is 0 Å². The summed E-state index contributed by atoms with van der Waals surface area (Å²) >= 11 is 0. The topological polar surface area (TPSA) is 72.2 Å². The molecule has 2 heterocycles. The van der Waals surface area contributed by atoms with Crippen molar-refractivity contribution in [3.63, 3.8) is 0 Å². The Morgan fingerprint density at radius 2 is 2.17 bits per heavy atom. The molecular weight excluding hydrogens is 297 g/mol. The highest BCUT2D eigenvalue weighted by molar-refractivity contribution is 5.90. The van der Waals surface area contributed by atoms with E-state index in [-0.39, 0.29) is 18.1 Å². The quantitative estimate of drug-likeness (QED) is 0.803. The zero-order valence-corrected chi connectivity index (χ0v) is 12.9. The number of anilines is 1. The van der Waals surface area contributed by atoms with Gasteiger partial charge in [0.05, 0.1) is 5.69 Å². The number of halogens is 1. The molecule has 2 aromatic heterocycles. The maximum Gasteiger partial charge on any atom is 0.224 e. The van der Waals surface area contributed by atoms with Gasteiger partial charge in [-0.2, -0.15) is 5.10 Å². The normalized spacial score (nSPS) is 10.9. The van der Waals surface area contributed by atoms with Crippen molar-refractivity contribution in [2.45, 2.75) is 26.7 Å². The smallest absolute Gasteiger partial charge is 0.224 e. The number of aryl methyl sites for hydroxylation is 2. The van der Waals surface area contributed by atoms with Crippen molar-refractivity contribution in [2.24, 2.45) is 0 Å². The van der Waals surface area contributed by atoms with Gasteiger partial charge >= 0.3 is 0 Å². The summed E-state index contributed by atoms with van der Waals surface area (Å²) in [5, 5.41) is 14.9. The summed E-state index contributed by atoms with van der Waals surface area (Å²) in [5.41, 5.74) is 3.94. The van der Waals surface area contributed by atoms with Gasteiger partial charge in [0, 0.05) is 17.7 Å². The first kappa shape index (κ1) is 15.1. The van der Waals surface area contributed by atoms with Gasteiger partial charge in [-0.25, -0.2) is 8.91 Å². The summed E-state index contributed by atoms with van der Waals surface area (Å²) in [6.45, 7) is 3.84. The Labute approximate surface area is 132 Å². The van der Waals surface area contributed by atoms with Crippen molar-refractivity contribution in [3.05, 3.63) is 53.2 Å². The molecule has 0 saturated carbocycles. The number of rotatable bonds is 4. The third-order valence-electron chi connectivity index (χ3n) is 3.72. The lowest BCUT2D eigenvalue weighted by Crippen LogP contribution is -2.14. The molecule has 1 amide bonds. The molecule has 23 heavy (non-hydrogen) atoms. The van der Waals surface area contributed by atoms with Crippen LogP contribution < -0.4 is 5.32 Å². The molecule has 3 rings (SSSR count). The van der Waals surface area contributed by atoms with Crippen LogP contribution in [0.25, 0.3) is 5.65 Å². The molecule has 118 valence electrons. The molecule has 0 aliphatic heterocycles. The minimum atomic E-state index is -0.379. The standard InChI is InChI=1S/C16H16FN5O/c1-10-14(11(2)21-22-9-18-20-16(10)22)6-7-15(23)19-13-5-3-4-12(17)8-13/h3-5,8-9H,6-7H2,1-2H3,(H,19,23). The Kier molecular flexibility index (Phi) is 4.01. The van der Waals surface area contributed by atoms with Crippen molar-refractivity contribution in [1.29, 1.82) is 0 Å². The predicted molar refractivity (Wildman–Crippen MR) is 83.6 cm³/mol. The molecule has 0 spiro atoms. The van der Waals surface area contributed by atoms with Crippen molar-refractivity contribution in [2.75, 3.05) is 5.32 Å². The van der Waals surface area contributed by atoms with E-state index in [4.69, 9.17) is 0 Å². The summed E-state index contributed by atoms with van der Waals surface area (Å²) in [6.07, 6.45) is 2.37. The summed E-state index contributed by atoms with van der Waals surface area (Å²) < 4.78 is 14.7. The fourth-order valence-corrected chi connectivity index (χ4v) is 2.57. The molecule has 6 nitrogen and oxygen atoms in total. The summed E-state index contributed by atoms with van der Waals surface area (Å²) in [7, 11) is 0. The largest absolute Gasteiger partial charge is 0.326 e. The number of carbonyl (C=O) groups is 1. The van der Waals surface area contributed by atoms with Crippen LogP contribution in [-0.4, -0.2) is 25.7 Å². The van der Waals surface area contributed by atoms with Crippen molar-refractivity contribution < 1.29 is 9.18 Å². The van der Waals surface area contributed by atoms with Gasteiger partial charge in [-0.05, 0) is 44.0 Å². The number of amides is 1. The van der Waals surface area contributed by atoms with Crippen LogP contribution in [0.3, 0.4) is 0 Å². The second kappa shape index (κ2) is 6.12. The number of hydrogen-bond acceptors (Lipinski definition) is 4. The first-order valence-electron chi connectivity index (χ1n) is 7.26. The molecule has 1 N–H and O–H groups in total. The zero-order chi connectivity index (χ0) is 16.4. The van der Waals surface area contributed by atoms with Crippen LogP contribution >= 0.6 is 0 Å². The lowest BCUT2D eigenvalue weighted by atomic mass is 10.0. The second-order valence-corrected chi connectivity index (χ2v) is 5.35. The number of benzene rings is 1. The fraction of sp³-hybridized carbons (Fsp3) is 0.250. The molecule has 3 aromatic rings. The van der Waals surface area contributed by atoms with Gasteiger partial charge in [0.15, 0.2) is 5.65 Å². The van der Waals surface area contributed by atoms with Gasteiger partial charge in [0.1, 0.15) is 12.1 Å². The van der Waals surface area contributed by atoms with Gasteiger partial charge in [-0.15, -0.1) is 10.2 Å². The molecule has 0 radical (unpaired) electrons. The van der Waals surface area contributed by atoms with Gasteiger partial charge < -0.3 is 5.32 Å². The number of fused-ring (bicyclic) bond motifs is 1. The maximum absolute atomic E-state index is 13.1. The molecule has 7 heteroatoms. The molecular formula is C16H16FN5O. The lowest BCUT2D eigenvalue weighted by molar-refractivity contribution is -0.116. The highest BCUT2D eigenvalue weighted by Gasteiger charge is 2.13. The third-order valence-corrected chi connectivity index (χ3v) is 3.72. The lowest BCUT2D eigenvalue weighted by Gasteiger charge is -2.10. The van der Waals surface area contributed by atoms with E-state index >= 15 is 0 Å². The van der Waals surface area contributed by atoms with Crippen molar-refractivity contribution in [3.8, 4) is 0 Å². The number of hydrogen-bond donors (Lipinski definition) is 1. The molecule has 0 saturated heterocycles. The van der Waals surface area contributed by atoms with Crippen LogP contribution in [0.15, 0.2) is 30.6 Å². The highest BCUT2D eigenvalue weighted by Crippen LogP contribution is 2.18. The molecule has 0 fully saturated rings. The number of nitrogens with zero attached hydrogens (tertiary/aromatic N) is 4. The molecule has 0 unspecified atom stereocenters. The molecule has 0 bridgehead atoms. The third kappa shape index (κ3) is 3.18. The summed E-state index contributed by atoms with van der Waals surface area (Å²) in [5.74, 6) is -0.549. The fourth-order valence-electron chi connectivity index (χ4n) is 2.57. The van der Waals surface area contributed by atoms with Crippen LogP contribution in [0.1, 0.15) is 23.2 Å². The van der Waals surface area contributed by atoms with E-state index in [0.717, 1.165) is 16.8 Å². The minimum Gasteiger partial charge on any atom is -0.326 e. The van der Waals surface area contributed by atoms with E-state index in [9.17, 15) is 9.18 Å². The molecule has 0 aliphatic rings. The highest BCUT2D eigenvalue weighted by atomic mass is 19.1. The maximum atomic E-state index is 13.1. The summed E-state index contributed by atoms with van der Waals surface area (Å²) in [4.78, 5) is 12.0. The van der Waals surface area contributed by atoms with Crippen molar-refractivity contribution >= 4 is 17.2 Å². The van der Waals surface area contributed by atoms with E-state index in [2.05, 4.69) is 20.6 Å². The molecule has 1 aromatic carbocycles. The SMILES string of the molecule is Cc1nn2cnnc2c(C)c1CCC(=O)Nc1cccc(F)c1. The van der Waals surface area contributed by atoms with Crippen LogP contribution in [0.2, 0.25) is 0 Å². The Balaban J connectivity index is 1.72. The number of carbonyl (C=O) groups excluding carboxylic acids is 1. The average Bonchev–Trinajstić information content (AvgIpc) is 2.95. The monoisotopic (exact) mass is 313 g/mol. The Bertz CT molecular complexity index is 874. The first-order chi connectivity index (χ1) is 11.0. The van der Waals surface area contributed by atoms with Crippen LogP contribution in [-0.2, 0) is 11.2 Å². The molecule has 0 aliphatic carbocycles. The zero-order valence-electron chi connectivity index (χ0n) is 12.9. The Morgan fingerprint density at radius 1 is 1.35 bits per heavy atom. The Morgan fingerprint density at radius 3 is 2.96 bits per heavy atom. The van der Waals surface area contributed by atoms with Gasteiger partial charge in [0.2, 0.25) is 5.91 Å². The second-order valence-electron chi connectivity index (χ2n) is 5.35. The van der Waals surface area contributed by atoms with Crippen molar-refractivity contribution in [1.82, 2.24) is 19.8 Å². The van der Waals surface area contributed by atoms with E-state index in [1.165, 1.54) is 12.1 Å². The number of nitrogens with one attached hydrogen (secondary N) is 1. The van der Waals surface area contributed by atoms with Crippen LogP contribution in [0.5, 0.6) is 0 Å². The van der Waals surface area contributed by atoms with Crippen LogP contribution in [0, 0.1) is 19.7 Å². The van der Waals surface area contributed by atoms with E-state index in [0.29, 0.717) is 17.8 Å². The van der Waals surface area contributed by atoms with Gasteiger partial charge in [-0.3, -0.25) is 4.79 Å². The average molecular weight is 313 g/mol. The predicted octanol–water partition coefficient (Wildman–Crippen LogP) is 2.45. The molecule has 0 atom stereocenters.